The lowest BCUT2D eigenvalue weighted by atomic mass is 10.0. The molecule has 4 nitrogen and oxygen atoms in total. The first kappa shape index (κ1) is 17.0. The van der Waals surface area contributed by atoms with Gasteiger partial charge in [0, 0.05) is 6.04 Å². The van der Waals surface area contributed by atoms with Gasteiger partial charge in [-0.3, -0.25) is 4.79 Å². The maximum absolute atomic E-state index is 11.5. The molecule has 0 fully saturated rings. The van der Waals surface area contributed by atoms with Crippen LogP contribution in [0.3, 0.4) is 0 Å². The molecule has 2 atom stereocenters. The lowest BCUT2D eigenvalue weighted by Gasteiger charge is -2.20. The fraction of sp³-hybridized carbons (Fsp3) is 0.316. The van der Waals surface area contributed by atoms with Crippen LogP contribution in [0.4, 0.5) is 0 Å². The first-order chi connectivity index (χ1) is 11.0. The lowest BCUT2D eigenvalue weighted by Crippen LogP contribution is -2.43. The van der Waals surface area contributed by atoms with E-state index in [2.05, 4.69) is 5.32 Å². The molecule has 0 aliphatic heterocycles. The highest BCUT2D eigenvalue weighted by atomic mass is 16.4. The molecule has 0 spiro atoms. The van der Waals surface area contributed by atoms with Gasteiger partial charge in [0.05, 0.1) is 0 Å². The summed E-state index contributed by atoms with van der Waals surface area (Å²) >= 11 is 0. The third kappa shape index (κ3) is 5.75. The molecule has 0 heterocycles. The summed E-state index contributed by atoms with van der Waals surface area (Å²) in [6, 6.07) is 16.3. The summed E-state index contributed by atoms with van der Waals surface area (Å²) in [5.74, 6) is -0.570. The molecular weight excluding hydrogens is 290 g/mol. The number of aromatic hydroxyl groups is 1. The molecule has 3 N–H and O–H groups in total. The van der Waals surface area contributed by atoms with E-state index in [0.29, 0.717) is 6.42 Å². The minimum Gasteiger partial charge on any atom is -0.508 e. The van der Waals surface area contributed by atoms with E-state index in [1.807, 2.05) is 49.4 Å². The number of benzene rings is 2. The van der Waals surface area contributed by atoms with Gasteiger partial charge in [0.25, 0.3) is 0 Å². The number of rotatable bonds is 8. The third-order valence-corrected chi connectivity index (χ3v) is 3.87. The van der Waals surface area contributed by atoms with E-state index in [-0.39, 0.29) is 11.8 Å². The Balaban J connectivity index is 1.86. The molecule has 0 saturated carbocycles. The first-order valence-corrected chi connectivity index (χ1v) is 7.85. The van der Waals surface area contributed by atoms with E-state index in [9.17, 15) is 15.0 Å². The van der Waals surface area contributed by atoms with Crippen molar-refractivity contribution in [1.29, 1.82) is 0 Å². The van der Waals surface area contributed by atoms with Gasteiger partial charge in [0.1, 0.15) is 11.8 Å². The Morgan fingerprint density at radius 3 is 2.30 bits per heavy atom. The average Bonchev–Trinajstić information content (AvgIpc) is 2.54. The van der Waals surface area contributed by atoms with Crippen molar-refractivity contribution < 1.29 is 15.0 Å². The van der Waals surface area contributed by atoms with Crippen molar-refractivity contribution in [2.24, 2.45) is 0 Å². The molecule has 0 amide bonds. The molecule has 0 radical (unpaired) electrons. The van der Waals surface area contributed by atoms with Crippen LogP contribution in [0.2, 0.25) is 0 Å². The van der Waals surface area contributed by atoms with Gasteiger partial charge in [0.15, 0.2) is 0 Å². The second kappa shape index (κ2) is 8.34. The number of hydrogen-bond donors (Lipinski definition) is 3. The van der Waals surface area contributed by atoms with Crippen LogP contribution in [0.15, 0.2) is 54.6 Å². The van der Waals surface area contributed by atoms with Crippen LogP contribution in [0.1, 0.15) is 24.5 Å². The zero-order valence-electron chi connectivity index (χ0n) is 13.3. The zero-order valence-corrected chi connectivity index (χ0v) is 13.3. The first-order valence-electron chi connectivity index (χ1n) is 7.85. The number of aryl methyl sites for hydroxylation is 1. The van der Waals surface area contributed by atoms with Crippen LogP contribution >= 0.6 is 0 Å². The Kier molecular flexibility index (Phi) is 6.18. The van der Waals surface area contributed by atoms with Crippen molar-refractivity contribution >= 4 is 5.97 Å². The van der Waals surface area contributed by atoms with Gasteiger partial charge in [-0.25, -0.2) is 0 Å². The number of aliphatic carboxylic acids is 1. The molecule has 0 aliphatic rings. The van der Waals surface area contributed by atoms with Gasteiger partial charge in [-0.05, 0) is 49.4 Å². The molecule has 0 bridgehead atoms. The highest BCUT2D eigenvalue weighted by Gasteiger charge is 2.19. The van der Waals surface area contributed by atoms with Gasteiger partial charge in [0.2, 0.25) is 0 Å². The number of carboxylic acid groups (broad SMARTS) is 1. The molecule has 122 valence electrons. The van der Waals surface area contributed by atoms with Gasteiger partial charge in [-0.1, -0.05) is 42.5 Å². The summed E-state index contributed by atoms with van der Waals surface area (Å²) in [7, 11) is 0. The van der Waals surface area contributed by atoms with Gasteiger partial charge >= 0.3 is 5.97 Å². The Hall–Kier alpha value is -2.33. The van der Waals surface area contributed by atoms with E-state index in [1.54, 1.807) is 12.1 Å². The summed E-state index contributed by atoms with van der Waals surface area (Å²) in [5.41, 5.74) is 2.14. The molecular formula is C19H23NO3. The number of phenols is 1. The smallest absolute Gasteiger partial charge is 0.321 e. The SMILES string of the molecule is CC(CCc1ccc(O)cc1)N[C@H](Cc1ccccc1)C(=O)O. The number of phenolic OH excluding ortho intramolecular Hbond substituents is 1. The van der Waals surface area contributed by atoms with Crippen LogP contribution in [-0.2, 0) is 17.6 Å². The average molecular weight is 313 g/mol. The summed E-state index contributed by atoms with van der Waals surface area (Å²) in [4.78, 5) is 11.5. The fourth-order valence-corrected chi connectivity index (χ4v) is 2.54. The molecule has 23 heavy (non-hydrogen) atoms. The molecule has 2 aromatic carbocycles. The van der Waals surface area contributed by atoms with Crippen molar-refractivity contribution in [3.63, 3.8) is 0 Å². The van der Waals surface area contributed by atoms with Crippen LogP contribution in [0.25, 0.3) is 0 Å². The van der Waals surface area contributed by atoms with E-state index in [0.717, 1.165) is 24.0 Å². The third-order valence-electron chi connectivity index (χ3n) is 3.87. The summed E-state index contributed by atoms with van der Waals surface area (Å²) in [6.07, 6.45) is 2.15. The molecule has 0 aromatic heterocycles. The van der Waals surface area contributed by atoms with Crippen molar-refractivity contribution in [2.45, 2.75) is 38.3 Å². The highest BCUT2D eigenvalue weighted by Crippen LogP contribution is 2.12. The van der Waals surface area contributed by atoms with E-state index in [1.165, 1.54) is 0 Å². The van der Waals surface area contributed by atoms with Crippen LogP contribution in [0.5, 0.6) is 5.75 Å². The van der Waals surface area contributed by atoms with Crippen molar-refractivity contribution in [3.8, 4) is 5.75 Å². The Bertz CT molecular complexity index is 610. The van der Waals surface area contributed by atoms with Crippen molar-refractivity contribution in [3.05, 3.63) is 65.7 Å². The minimum absolute atomic E-state index is 0.0913. The normalized spacial score (nSPS) is 13.4. The molecule has 0 aliphatic carbocycles. The van der Waals surface area contributed by atoms with Gasteiger partial charge in [-0.2, -0.15) is 0 Å². The van der Waals surface area contributed by atoms with Crippen LogP contribution in [0, 0.1) is 0 Å². The highest BCUT2D eigenvalue weighted by molar-refractivity contribution is 5.74. The Labute approximate surface area is 136 Å². The molecule has 2 rings (SSSR count). The van der Waals surface area contributed by atoms with E-state index >= 15 is 0 Å². The Morgan fingerprint density at radius 2 is 1.70 bits per heavy atom. The summed E-state index contributed by atoms with van der Waals surface area (Å²) in [5, 5.41) is 21.9. The standard InChI is InChI=1S/C19H23NO3/c1-14(7-8-15-9-11-17(21)12-10-15)20-18(19(22)23)13-16-5-3-2-4-6-16/h2-6,9-12,14,18,20-21H,7-8,13H2,1H3,(H,22,23)/t14?,18-/m1/s1. The maximum Gasteiger partial charge on any atom is 0.321 e. The summed E-state index contributed by atoms with van der Waals surface area (Å²) < 4.78 is 0. The lowest BCUT2D eigenvalue weighted by molar-refractivity contribution is -0.139. The number of carboxylic acids is 1. The summed E-state index contributed by atoms with van der Waals surface area (Å²) in [6.45, 7) is 2.00. The maximum atomic E-state index is 11.5. The minimum atomic E-state index is -0.828. The molecule has 4 heteroatoms. The number of nitrogens with one attached hydrogen (secondary N) is 1. The second-order valence-corrected chi connectivity index (χ2v) is 5.85. The predicted molar refractivity (Wildman–Crippen MR) is 90.6 cm³/mol. The quantitative estimate of drug-likeness (QED) is 0.701. The molecule has 0 saturated heterocycles. The van der Waals surface area contributed by atoms with Crippen molar-refractivity contribution in [1.82, 2.24) is 5.32 Å². The Morgan fingerprint density at radius 1 is 1.04 bits per heavy atom. The molecule has 1 unspecified atom stereocenters. The van der Waals surface area contributed by atoms with E-state index in [4.69, 9.17) is 0 Å². The van der Waals surface area contributed by atoms with Crippen molar-refractivity contribution in [2.75, 3.05) is 0 Å². The second-order valence-electron chi connectivity index (χ2n) is 5.85. The largest absolute Gasteiger partial charge is 0.508 e. The van der Waals surface area contributed by atoms with Gasteiger partial charge in [-0.15, -0.1) is 0 Å². The zero-order chi connectivity index (χ0) is 16.7. The molecule has 2 aromatic rings. The number of carbonyl (C=O) groups is 1. The van der Waals surface area contributed by atoms with Crippen LogP contribution in [-0.4, -0.2) is 28.3 Å². The fourth-order valence-electron chi connectivity index (χ4n) is 2.54. The van der Waals surface area contributed by atoms with Gasteiger partial charge < -0.3 is 15.5 Å². The predicted octanol–water partition coefficient (Wildman–Crippen LogP) is 3.00. The van der Waals surface area contributed by atoms with E-state index < -0.39 is 12.0 Å². The number of hydrogen-bond acceptors (Lipinski definition) is 3. The topological polar surface area (TPSA) is 69.6 Å². The van der Waals surface area contributed by atoms with Crippen LogP contribution < -0.4 is 5.32 Å². The monoisotopic (exact) mass is 313 g/mol.